The van der Waals surface area contributed by atoms with Gasteiger partial charge in [-0.15, -0.1) is 0 Å². The van der Waals surface area contributed by atoms with Crippen molar-refractivity contribution in [2.75, 3.05) is 13.2 Å². The van der Waals surface area contributed by atoms with E-state index in [4.69, 9.17) is 13.9 Å². The van der Waals surface area contributed by atoms with Gasteiger partial charge in [0.1, 0.15) is 17.3 Å². The molecule has 204 valence electrons. The second kappa shape index (κ2) is 11.2. The van der Waals surface area contributed by atoms with E-state index in [0.29, 0.717) is 50.0 Å². The number of hydrogen-bond acceptors (Lipinski definition) is 8. The maximum atomic E-state index is 13.8. The number of furan rings is 1. The highest BCUT2D eigenvalue weighted by molar-refractivity contribution is 7.07. The number of allylic oxidation sites excluding steroid dienone is 1. The average molecular weight is 559 g/mol. The molecular formula is C30H26N2O7S. The molecule has 0 fully saturated rings. The lowest BCUT2D eigenvalue weighted by Gasteiger charge is -2.24. The van der Waals surface area contributed by atoms with Gasteiger partial charge in [0.2, 0.25) is 0 Å². The molecule has 5 rings (SSSR count). The van der Waals surface area contributed by atoms with E-state index in [1.807, 2.05) is 19.1 Å². The Labute approximate surface area is 232 Å². The number of carbonyl (C=O) groups is 2. The Balaban J connectivity index is 1.62. The normalized spacial score (nSPS) is 15.0. The first-order chi connectivity index (χ1) is 19.3. The summed E-state index contributed by atoms with van der Waals surface area (Å²) in [4.78, 5) is 43.5. The van der Waals surface area contributed by atoms with E-state index in [-0.39, 0.29) is 23.3 Å². The monoisotopic (exact) mass is 558 g/mol. The van der Waals surface area contributed by atoms with Gasteiger partial charge in [-0.05, 0) is 56.7 Å². The number of rotatable bonds is 8. The van der Waals surface area contributed by atoms with Crippen LogP contribution in [0.25, 0.3) is 17.4 Å². The Morgan fingerprint density at radius 3 is 2.52 bits per heavy atom. The van der Waals surface area contributed by atoms with Crippen LogP contribution in [-0.4, -0.2) is 34.8 Å². The van der Waals surface area contributed by atoms with Crippen molar-refractivity contribution in [1.82, 2.24) is 4.57 Å². The third-order valence-electron chi connectivity index (χ3n) is 6.35. The van der Waals surface area contributed by atoms with Crippen LogP contribution in [0.2, 0.25) is 0 Å². The van der Waals surface area contributed by atoms with Crippen LogP contribution in [0.4, 0.5) is 0 Å². The number of carbonyl (C=O) groups excluding carboxylic acids is 1. The Hall–Kier alpha value is -4.70. The summed E-state index contributed by atoms with van der Waals surface area (Å²) in [5, 5.41) is 9.53. The fourth-order valence-corrected chi connectivity index (χ4v) is 5.64. The second-order valence-corrected chi connectivity index (χ2v) is 9.87. The molecule has 1 N–H and O–H groups in total. The number of aromatic nitrogens is 1. The number of ether oxygens (including phenoxy) is 2. The molecule has 2 aromatic heterocycles. The van der Waals surface area contributed by atoms with Gasteiger partial charge in [-0.3, -0.25) is 9.36 Å². The number of nitrogens with zero attached hydrogens (tertiary/aromatic N) is 2. The average Bonchev–Trinajstić information content (AvgIpc) is 3.53. The van der Waals surface area contributed by atoms with Gasteiger partial charge >= 0.3 is 11.9 Å². The summed E-state index contributed by atoms with van der Waals surface area (Å²) in [7, 11) is 0. The van der Waals surface area contributed by atoms with Crippen LogP contribution in [0.5, 0.6) is 5.75 Å². The first-order valence-electron chi connectivity index (χ1n) is 12.7. The van der Waals surface area contributed by atoms with Gasteiger partial charge in [0.15, 0.2) is 4.80 Å². The smallest absolute Gasteiger partial charge is 0.338 e. The number of carboxylic acid groups (broad SMARTS) is 1. The van der Waals surface area contributed by atoms with Gasteiger partial charge in [-0.1, -0.05) is 41.7 Å². The fourth-order valence-electron chi connectivity index (χ4n) is 4.61. The van der Waals surface area contributed by atoms with E-state index < -0.39 is 18.0 Å². The molecule has 0 spiro atoms. The number of aromatic carboxylic acids is 1. The molecule has 4 aromatic rings. The van der Waals surface area contributed by atoms with Gasteiger partial charge in [0.25, 0.3) is 5.56 Å². The number of benzene rings is 2. The summed E-state index contributed by atoms with van der Waals surface area (Å²) in [6.45, 7) is 6.04. The van der Waals surface area contributed by atoms with E-state index in [2.05, 4.69) is 4.99 Å². The third-order valence-corrected chi connectivity index (χ3v) is 7.33. The first-order valence-corrected chi connectivity index (χ1v) is 13.5. The lowest BCUT2D eigenvalue weighted by molar-refractivity contribution is -0.139. The molecule has 9 nitrogen and oxygen atoms in total. The number of fused-ring (bicyclic) bond motifs is 1. The van der Waals surface area contributed by atoms with Crippen LogP contribution in [-0.2, 0) is 9.53 Å². The highest BCUT2D eigenvalue weighted by Crippen LogP contribution is 2.32. The Bertz CT molecular complexity index is 1810. The summed E-state index contributed by atoms with van der Waals surface area (Å²) in [5.74, 6) is -0.187. The highest BCUT2D eigenvalue weighted by Gasteiger charge is 2.33. The maximum Gasteiger partial charge on any atom is 0.338 e. The van der Waals surface area contributed by atoms with Crippen LogP contribution in [0, 0.1) is 0 Å². The quantitative estimate of drug-likeness (QED) is 0.323. The Kier molecular flexibility index (Phi) is 7.52. The molecule has 2 aromatic carbocycles. The number of carboxylic acids is 1. The highest BCUT2D eigenvalue weighted by atomic mass is 32.1. The van der Waals surface area contributed by atoms with Gasteiger partial charge in [0.05, 0.1) is 40.6 Å². The van der Waals surface area contributed by atoms with E-state index >= 15 is 0 Å². The summed E-state index contributed by atoms with van der Waals surface area (Å²) in [6, 6.07) is 16.4. The minimum Gasteiger partial charge on any atom is -0.494 e. The van der Waals surface area contributed by atoms with E-state index in [0.717, 1.165) is 0 Å². The summed E-state index contributed by atoms with van der Waals surface area (Å²) in [5.41, 5.74) is 1.66. The fraction of sp³-hybridized carbons (Fsp3) is 0.200. The lowest BCUT2D eigenvalue weighted by Crippen LogP contribution is -2.39. The number of hydrogen-bond donors (Lipinski definition) is 1. The number of thiazole rings is 1. The topological polar surface area (TPSA) is 120 Å². The Morgan fingerprint density at radius 1 is 1.07 bits per heavy atom. The maximum absolute atomic E-state index is 13.8. The predicted molar refractivity (Wildman–Crippen MR) is 149 cm³/mol. The van der Waals surface area contributed by atoms with Crippen LogP contribution < -0.4 is 19.6 Å². The minimum atomic E-state index is -1.07. The molecule has 0 unspecified atom stereocenters. The van der Waals surface area contributed by atoms with Crippen molar-refractivity contribution < 1.29 is 28.6 Å². The standard InChI is InChI=1S/C30H26N2O7S/c1-4-37-19-12-10-18(11-13-19)26-25(29(36)38-5-2)17(3)31-30-32(26)27(33)24(40-30)16-20-14-15-23(39-20)21-8-6-7-9-22(21)28(34)35/h6-16,26H,4-5H2,1-3H3,(H,34,35)/b24-16-/t26-/m0/s1. The van der Waals surface area contributed by atoms with Crippen molar-refractivity contribution in [3.63, 3.8) is 0 Å². The zero-order chi connectivity index (χ0) is 28.4. The van der Waals surface area contributed by atoms with Crippen molar-refractivity contribution in [1.29, 1.82) is 0 Å². The van der Waals surface area contributed by atoms with Crippen molar-refractivity contribution in [3.8, 4) is 17.1 Å². The molecule has 40 heavy (non-hydrogen) atoms. The summed E-state index contributed by atoms with van der Waals surface area (Å²) < 4.78 is 18.7. The minimum absolute atomic E-state index is 0.111. The summed E-state index contributed by atoms with van der Waals surface area (Å²) >= 11 is 1.17. The third kappa shape index (κ3) is 5.01. The van der Waals surface area contributed by atoms with Crippen LogP contribution in [0.1, 0.15) is 48.5 Å². The molecule has 10 heteroatoms. The van der Waals surface area contributed by atoms with Crippen molar-refractivity contribution in [2.45, 2.75) is 26.8 Å². The molecule has 1 aliphatic rings. The van der Waals surface area contributed by atoms with E-state index in [1.165, 1.54) is 22.0 Å². The number of esters is 1. The molecule has 1 aliphatic heterocycles. The molecule has 0 saturated heterocycles. The van der Waals surface area contributed by atoms with Crippen molar-refractivity contribution >= 4 is 29.4 Å². The van der Waals surface area contributed by atoms with Crippen LogP contribution in [0.15, 0.2) is 86.1 Å². The molecule has 0 radical (unpaired) electrons. The SMILES string of the molecule is CCOC(=O)C1=C(C)N=c2s/c(=C\c3ccc(-c4ccccc4C(=O)O)o3)c(=O)n2[C@H]1c1ccc(OCC)cc1. The zero-order valence-electron chi connectivity index (χ0n) is 22.0. The molecule has 1 atom stereocenters. The molecule has 3 heterocycles. The zero-order valence-corrected chi connectivity index (χ0v) is 22.9. The van der Waals surface area contributed by atoms with Gasteiger partial charge in [-0.2, -0.15) is 0 Å². The molecule has 0 amide bonds. The summed E-state index contributed by atoms with van der Waals surface area (Å²) in [6.07, 6.45) is 1.59. The van der Waals surface area contributed by atoms with Gasteiger partial charge < -0.3 is 19.0 Å². The van der Waals surface area contributed by atoms with Gasteiger partial charge in [0, 0.05) is 11.6 Å². The van der Waals surface area contributed by atoms with Crippen molar-refractivity contribution in [2.24, 2.45) is 4.99 Å². The molecule has 0 bridgehead atoms. The predicted octanol–water partition coefficient (Wildman–Crippen LogP) is 4.16. The molecular weight excluding hydrogens is 532 g/mol. The molecule has 0 saturated carbocycles. The van der Waals surface area contributed by atoms with Crippen LogP contribution in [0.3, 0.4) is 0 Å². The largest absolute Gasteiger partial charge is 0.494 e. The van der Waals surface area contributed by atoms with Crippen molar-refractivity contribution in [3.05, 3.63) is 109 Å². The van der Waals surface area contributed by atoms with Crippen LogP contribution >= 0.6 is 11.3 Å². The first kappa shape index (κ1) is 26.9. The molecule has 0 aliphatic carbocycles. The van der Waals surface area contributed by atoms with E-state index in [1.54, 1.807) is 62.4 Å². The van der Waals surface area contributed by atoms with E-state index in [9.17, 15) is 19.5 Å². The lowest BCUT2D eigenvalue weighted by atomic mass is 9.96. The second-order valence-electron chi connectivity index (χ2n) is 8.86. The van der Waals surface area contributed by atoms with Gasteiger partial charge in [-0.25, -0.2) is 14.6 Å². The Morgan fingerprint density at radius 2 is 1.82 bits per heavy atom.